The Morgan fingerprint density at radius 2 is 1.89 bits per heavy atom. The third kappa shape index (κ3) is 1.82. The van der Waals surface area contributed by atoms with Crippen LogP contribution >= 0.6 is 0 Å². The third-order valence-electron chi connectivity index (χ3n) is 4.97. The first kappa shape index (κ1) is 12.8. The lowest BCUT2D eigenvalue weighted by Crippen LogP contribution is -2.71. The fraction of sp³-hybridized carbons (Fsp3) is 0.857. The lowest BCUT2D eigenvalue weighted by molar-refractivity contribution is -0.166. The number of ether oxygens (including phenoxy) is 1. The molecule has 2 aliphatic heterocycles. The number of nitrogens with zero attached hydrogens (tertiary/aromatic N) is 1. The standard InChI is InChI=1S/C14H22N2O3/c1-12(2,3)19-11(18)16-8-14(9-16)5-4-13(14)6-10(17)15-7-13/h4-9H2,1-3H3,(H,15,17). The highest BCUT2D eigenvalue weighted by Crippen LogP contribution is 2.64. The van der Waals surface area contributed by atoms with Gasteiger partial charge in [-0.2, -0.15) is 0 Å². The molecule has 2 spiro atoms. The molecule has 3 fully saturated rings. The van der Waals surface area contributed by atoms with Crippen LogP contribution in [0.25, 0.3) is 0 Å². The van der Waals surface area contributed by atoms with E-state index in [9.17, 15) is 9.59 Å². The van der Waals surface area contributed by atoms with E-state index in [0.29, 0.717) is 6.42 Å². The molecule has 2 heterocycles. The SMILES string of the molecule is CC(C)(C)OC(=O)N1CC2(CCC23CNC(=O)C3)C1. The molecule has 1 aliphatic carbocycles. The average molecular weight is 266 g/mol. The maximum atomic E-state index is 12.0. The van der Waals surface area contributed by atoms with Crippen molar-refractivity contribution >= 4 is 12.0 Å². The lowest BCUT2D eigenvalue weighted by atomic mass is 9.45. The molecular weight excluding hydrogens is 244 g/mol. The Morgan fingerprint density at radius 3 is 2.32 bits per heavy atom. The van der Waals surface area contributed by atoms with E-state index in [-0.39, 0.29) is 22.8 Å². The Labute approximate surface area is 113 Å². The average Bonchev–Trinajstić information content (AvgIpc) is 2.56. The quantitative estimate of drug-likeness (QED) is 0.723. The van der Waals surface area contributed by atoms with Crippen molar-refractivity contribution in [1.29, 1.82) is 0 Å². The Kier molecular flexibility index (Phi) is 2.45. The zero-order valence-electron chi connectivity index (χ0n) is 11.9. The van der Waals surface area contributed by atoms with Crippen molar-refractivity contribution in [1.82, 2.24) is 10.2 Å². The van der Waals surface area contributed by atoms with Gasteiger partial charge < -0.3 is 15.0 Å². The molecular formula is C14H22N2O3. The van der Waals surface area contributed by atoms with Crippen LogP contribution in [-0.2, 0) is 9.53 Å². The summed E-state index contributed by atoms with van der Waals surface area (Å²) in [4.78, 5) is 25.2. The van der Waals surface area contributed by atoms with Crippen LogP contribution < -0.4 is 5.32 Å². The molecule has 0 radical (unpaired) electrons. The van der Waals surface area contributed by atoms with Gasteiger partial charge in [-0.05, 0) is 33.6 Å². The zero-order valence-corrected chi connectivity index (χ0v) is 11.9. The first-order valence-corrected chi connectivity index (χ1v) is 7.00. The molecule has 19 heavy (non-hydrogen) atoms. The molecule has 0 bridgehead atoms. The number of carbonyl (C=O) groups is 2. The van der Waals surface area contributed by atoms with E-state index >= 15 is 0 Å². The minimum Gasteiger partial charge on any atom is -0.444 e. The van der Waals surface area contributed by atoms with Gasteiger partial charge in [0.15, 0.2) is 0 Å². The fourth-order valence-electron chi connectivity index (χ4n) is 3.72. The van der Waals surface area contributed by atoms with Crippen molar-refractivity contribution in [3.8, 4) is 0 Å². The summed E-state index contributed by atoms with van der Waals surface area (Å²) in [6, 6.07) is 0. The summed E-state index contributed by atoms with van der Waals surface area (Å²) >= 11 is 0. The molecule has 5 heteroatoms. The molecule has 1 atom stereocenters. The van der Waals surface area contributed by atoms with Gasteiger partial charge in [0.2, 0.25) is 5.91 Å². The molecule has 5 nitrogen and oxygen atoms in total. The minimum absolute atomic E-state index is 0.114. The number of fused-ring (bicyclic) bond motifs is 1. The second-order valence-electron chi connectivity index (χ2n) is 7.35. The van der Waals surface area contributed by atoms with E-state index in [0.717, 1.165) is 32.5 Å². The molecule has 2 saturated heterocycles. The minimum atomic E-state index is -0.442. The largest absolute Gasteiger partial charge is 0.444 e. The van der Waals surface area contributed by atoms with Crippen LogP contribution in [0.4, 0.5) is 4.79 Å². The van der Waals surface area contributed by atoms with Crippen LogP contribution in [0.5, 0.6) is 0 Å². The van der Waals surface area contributed by atoms with Crippen molar-refractivity contribution in [3.05, 3.63) is 0 Å². The monoisotopic (exact) mass is 266 g/mol. The number of amides is 2. The van der Waals surface area contributed by atoms with E-state index in [4.69, 9.17) is 4.74 Å². The summed E-state index contributed by atoms with van der Waals surface area (Å²) in [5.41, 5.74) is -0.159. The van der Waals surface area contributed by atoms with Crippen molar-refractivity contribution in [2.75, 3.05) is 19.6 Å². The normalized spacial score (nSPS) is 31.9. The van der Waals surface area contributed by atoms with Gasteiger partial charge in [-0.3, -0.25) is 4.79 Å². The van der Waals surface area contributed by atoms with Crippen LogP contribution in [0, 0.1) is 10.8 Å². The highest BCUT2D eigenvalue weighted by atomic mass is 16.6. The Hall–Kier alpha value is -1.26. The van der Waals surface area contributed by atoms with E-state index in [1.54, 1.807) is 4.90 Å². The highest BCUT2D eigenvalue weighted by Gasteiger charge is 2.67. The molecule has 2 amide bonds. The van der Waals surface area contributed by atoms with Gasteiger partial charge in [0, 0.05) is 36.9 Å². The van der Waals surface area contributed by atoms with Crippen LogP contribution in [0.3, 0.4) is 0 Å². The summed E-state index contributed by atoms with van der Waals surface area (Å²) in [7, 11) is 0. The lowest BCUT2D eigenvalue weighted by Gasteiger charge is -2.65. The molecule has 3 aliphatic rings. The molecule has 106 valence electrons. The van der Waals surface area contributed by atoms with E-state index in [1.807, 2.05) is 20.8 Å². The van der Waals surface area contributed by atoms with Crippen molar-refractivity contribution in [2.45, 2.75) is 45.6 Å². The van der Waals surface area contributed by atoms with Crippen molar-refractivity contribution in [2.24, 2.45) is 10.8 Å². The van der Waals surface area contributed by atoms with Crippen LogP contribution in [0.2, 0.25) is 0 Å². The second-order valence-corrected chi connectivity index (χ2v) is 7.35. The molecule has 1 saturated carbocycles. The van der Waals surface area contributed by atoms with Gasteiger partial charge in [0.1, 0.15) is 5.60 Å². The number of likely N-dealkylation sites (tertiary alicyclic amines) is 1. The summed E-state index contributed by atoms with van der Waals surface area (Å²) in [5, 5.41) is 2.94. The van der Waals surface area contributed by atoms with Gasteiger partial charge in [-0.25, -0.2) is 4.79 Å². The first-order valence-electron chi connectivity index (χ1n) is 7.00. The number of carbonyl (C=O) groups excluding carboxylic acids is 2. The van der Waals surface area contributed by atoms with Gasteiger partial charge in [0.05, 0.1) is 0 Å². The van der Waals surface area contributed by atoms with Crippen LogP contribution in [0.1, 0.15) is 40.0 Å². The maximum Gasteiger partial charge on any atom is 0.410 e. The summed E-state index contributed by atoms with van der Waals surface area (Å²) in [5.74, 6) is 0.162. The van der Waals surface area contributed by atoms with Crippen molar-refractivity contribution < 1.29 is 14.3 Å². The van der Waals surface area contributed by atoms with E-state index in [1.165, 1.54) is 0 Å². The van der Waals surface area contributed by atoms with Crippen molar-refractivity contribution in [3.63, 3.8) is 0 Å². The first-order chi connectivity index (χ1) is 8.75. The van der Waals surface area contributed by atoms with E-state index < -0.39 is 5.60 Å². The smallest absolute Gasteiger partial charge is 0.410 e. The molecule has 0 aromatic heterocycles. The molecule has 1 unspecified atom stereocenters. The predicted octanol–water partition coefficient (Wildman–Crippen LogP) is 1.52. The second kappa shape index (κ2) is 3.64. The number of nitrogens with one attached hydrogen (secondary N) is 1. The summed E-state index contributed by atoms with van der Waals surface area (Å²) < 4.78 is 5.38. The Bertz CT molecular complexity index is 434. The number of hydrogen-bond acceptors (Lipinski definition) is 3. The third-order valence-corrected chi connectivity index (χ3v) is 4.97. The number of hydrogen-bond donors (Lipinski definition) is 1. The maximum absolute atomic E-state index is 12.0. The Morgan fingerprint density at radius 1 is 1.26 bits per heavy atom. The van der Waals surface area contributed by atoms with Gasteiger partial charge >= 0.3 is 6.09 Å². The van der Waals surface area contributed by atoms with Gasteiger partial charge in [-0.1, -0.05) is 0 Å². The Balaban J connectivity index is 1.61. The molecule has 3 rings (SSSR count). The highest BCUT2D eigenvalue weighted by molar-refractivity contribution is 5.80. The van der Waals surface area contributed by atoms with E-state index in [2.05, 4.69) is 5.32 Å². The molecule has 0 aromatic carbocycles. The summed E-state index contributed by atoms with van der Waals surface area (Å²) in [6.45, 7) is 7.92. The topological polar surface area (TPSA) is 58.6 Å². The van der Waals surface area contributed by atoms with Gasteiger partial charge in [0.25, 0.3) is 0 Å². The van der Waals surface area contributed by atoms with Crippen LogP contribution in [0.15, 0.2) is 0 Å². The zero-order chi connectivity index (χ0) is 13.9. The number of rotatable bonds is 0. The predicted molar refractivity (Wildman–Crippen MR) is 69.5 cm³/mol. The molecule has 0 aromatic rings. The van der Waals surface area contributed by atoms with Gasteiger partial charge in [-0.15, -0.1) is 0 Å². The molecule has 1 N–H and O–H groups in total. The summed E-state index contributed by atoms with van der Waals surface area (Å²) in [6.07, 6.45) is 2.64. The van der Waals surface area contributed by atoms with Crippen LogP contribution in [-0.4, -0.2) is 42.1 Å². The fourth-order valence-corrected chi connectivity index (χ4v) is 3.72.